The fourth-order valence-electron chi connectivity index (χ4n) is 2.62. The smallest absolute Gasteiger partial charge is 0.299 e. The summed E-state index contributed by atoms with van der Waals surface area (Å²) in [6, 6.07) is 13.1. The Kier molecular flexibility index (Phi) is 2.77. The van der Waals surface area contributed by atoms with Crippen molar-refractivity contribution < 1.29 is 0 Å². The zero-order valence-corrected chi connectivity index (χ0v) is 12.4. The van der Waals surface area contributed by atoms with Crippen molar-refractivity contribution in [2.75, 3.05) is 0 Å². The Morgan fingerprint density at radius 2 is 1.82 bits per heavy atom. The summed E-state index contributed by atoms with van der Waals surface area (Å²) in [6.07, 6.45) is 1.72. The lowest BCUT2D eigenvalue weighted by molar-refractivity contribution is 0.950. The topological polar surface area (TPSA) is 52.2 Å². The summed E-state index contributed by atoms with van der Waals surface area (Å²) in [5, 5.41) is 0.561. The van der Waals surface area contributed by atoms with E-state index in [1.165, 1.54) is 0 Å². The van der Waals surface area contributed by atoms with Gasteiger partial charge in [0.25, 0.3) is 5.56 Å². The third kappa shape index (κ3) is 1.83. The van der Waals surface area contributed by atoms with Crippen LogP contribution in [0.5, 0.6) is 0 Å². The van der Waals surface area contributed by atoms with Gasteiger partial charge < -0.3 is 4.57 Å². The van der Waals surface area contributed by atoms with E-state index in [0.717, 1.165) is 11.4 Å². The quantitative estimate of drug-likeness (QED) is 0.543. The molecule has 0 unspecified atom stereocenters. The van der Waals surface area contributed by atoms with Crippen molar-refractivity contribution in [1.29, 1.82) is 0 Å². The number of rotatable bonds is 1. The van der Waals surface area contributed by atoms with Crippen molar-refractivity contribution in [2.24, 2.45) is 7.05 Å². The van der Waals surface area contributed by atoms with Crippen LogP contribution in [0.15, 0.2) is 53.5 Å². The molecule has 0 fully saturated rings. The van der Waals surface area contributed by atoms with Gasteiger partial charge in [0.15, 0.2) is 11.2 Å². The third-order valence-corrected chi connectivity index (χ3v) is 3.87. The molecular formula is C16H11ClN4O. The molecule has 0 atom stereocenters. The van der Waals surface area contributed by atoms with Crippen LogP contribution in [-0.2, 0) is 7.05 Å². The molecule has 5 nitrogen and oxygen atoms in total. The number of hydrogen-bond donors (Lipinski definition) is 0. The molecule has 0 spiro atoms. The van der Waals surface area contributed by atoms with Crippen LogP contribution in [0.25, 0.3) is 28.2 Å². The first-order valence-corrected chi connectivity index (χ1v) is 7.13. The van der Waals surface area contributed by atoms with Crippen molar-refractivity contribution in [2.45, 2.75) is 0 Å². The molecule has 0 saturated carbocycles. The van der Waals surface area contributed by atoms with Gasteiger partial charge in [0.05, 0.1) is 5.02 Å². The predicted molar refractivity (Wildman–Crippen MR) is 86.2 cm³/mol. The molecule has 0 radical (unpaired) electrons. The molecule has 108 valence electrons. The second-order valence-electron chi connectivity index (χ2n) is 5.03. The lowest BCUT2D eigenvalue weighted by Gasteiger charge is -2.02. The number of hydrogen-bond acceptors (Lipinski definition) is 3. The maximum atomic E-state index is 12.3. The summed E-state index contributed by atoms with van der Waals surface area (Å²) in [6.45, 7) is 0. The van der Waals surface area contributed by atoms with Gasteiger partial charge in [-0.25, -0.2) is 4.98 Å². The minimum Gasteiger partial charge on any atom is -0.321 e. The molecule has 3 heterocycles. The van der Waals surface area contributed by atoms with Crippen LogP contribution >= 0.6 is 11.6 Å². The highest BCUT2D eigenvalue weighted by Gasteiger charge is 2.16. The average molecular weight is 311 g/mol. The summed E-state index contributed by atoms with van der Waals surface area (Å²) < 4.78 is 3.51. The third-order valence-electron chi connectivity index (χ3n) is 3.65. The van der Waals surface area contributed by atoms with Crippen molar-refractivity contribution in [3.8, 4) is 11.4 Å². The molecule has 22 heavy (non-hydrogen) atoms. The highest BCUT2D eigenvalue weighted by atomic mass is 35.5. The Morgan fingerprint density at radius 1 is 1.05 bits per heavy atom. The monoisotopic (exact) mass is 310 g/mol. The Bertz CT molecular complexity index is 1070. The molecular weight excluding hydrogens is 300 g/mol. The highest BCUT2D eigenvalue weighted by Crippen LogP contribution is 2.22. The maximum Gasteiger partial charge on any atom is 0.299 e. The van der Waals surface area contributed by atoms with Gasteiger partial charge in [-0.2, -0.15) is 4.98 Å². The first kappa shape index (κ1) is 13.0. The number of fused-ring (bicyclic) bond motifs is 3. The predicted octanol–water partition coefficient (Wildman–Crippen LogP) is 2.90. The summed E-state index contributed by atoms with van der Waals surface area (Å²) in [7, 11) is 1.82. The Hall–Kier alpha value is -2.66. The minimum atomic E-state index is -0.297. The van der Waals surface area contributed by atoms with Crippen LogP contribution in [0.4, 0.5) is 0 Å². The maximum absolute atomic E-state index is 12.3. The zero-order chi connectivity index (χ0) is 15.3. The molecule has 4 rings (SSSR count). The second kappa shape index (κ2) is 4.68. The molecule has 0 saturated heterocycles. The van der Waals surface area contributed by atoms with Crippen LogP contribution in [-0.4, -0.2) is 18.9 Å². The highest BCUT2D eigenvalue weighted by molar-refractivity contribution is 6.30. The lowest BCUT2D eigenvalue weighted by atomic mass is 10.2. The molecule has 0 amide bonds. The molecule has 3 aromatic heterocycles. The first-order valence-electron chi connectivity index (χ1n) is 6.75. The number of imidazole rings is 1. The number of aromatic nitrogens is 4. The van der Waals surface area contributed by atoms with Crippen molar-refractivity contribution in [1.82, 2.24) is 18.9 Å². The van der Waals surface area contributed by atoms with Crippen LogP contribution < -0.4 is 5.56 Å². The van der Waals surface area contributed by atoms with E-state index < -0.39 is 0 Å². The van der Waals surface area contributed by atoms with Gasteiger partial charge in [0, 0.05) is 18.8 Å². The van der Waals surface area contributed by atoms with Crippen LogP contribution in [0.2, 0.25) is 5.02 Å². The largest absolute Gasteiger partial charge is 0.321 e. The average Bonchev–Trinajstić information content (AvgIpc) is 2.88. The summed E-state index contributed by atoms with van der Waals surface area (Å²) in [5.41, 5.74) is 2.18. The zero-order valence-electron chi connectivity index (χ0n) is 11.7. The summed E-state index contributed by atoms with van der Waals surface area (Å²) >= 11 is 6.06. The second-order valence-corrected chi connectivity index (χ2v) is 5.46. The van der Waals surface area contributed by atoms with Crippen molar-refractivity contribution in [3.05, 3.63) is 64.0 Å². The minimum absolute atomic E-state index is 0.297. The fourth-order valence-corrected chi connectivity index (χ4v) is 2.78. The van der Waals surface area contributed by atoms with Gasteiger partial charge in [-0.05, 0) is 12.1 Å². The Labute approximate surface area is 130 Å². The van der Waals surface area contributed by atoms with E-state index in [1.54, 1.807) is 27.3 Å². The van der Waals surface area contributed by atoms with E-state index in [1.807, 2.05) is 37.4 Å². The van der Waals surface area contributed by atoms with Gasteiger partial charge in [-0.1, -0.05) is 41.9 Å². The molecule has 1 aromatic carbocycles. The number of aryl methyl sites for hydroxylation is 1. The van der Waals surface area contributed by atoms with E-state index >= 15 is 0 Å². The summed E-state index contributed by atoms with van der Waals surface area (Å²) in [4.78, 5) is 21.1. The molecule has 0 aliphatic carbocycles. The van der Waals surface area contributed by atoms with E-state index in [9.17, 15) is 4.79 Å². The molecule has 0 aliphatic rings. The van der Waals surface area contributed by atoms with Gasteiger partial charge in [0.2, 0.25) is 0 Å². The van der Waals surface area contributed by atoms with Crippen molar-refractivity contribution in [3.63, 3.8) is 0 Å². The van der Waals surface area contributed by atoms with Gasteiger partial charge >= 0.3 is 0 Å². The van der Waals surface area contributed by atoms with E-state index in [0.29, 0.717) is 21.8 Å². The molecule has 0 N–H and O–H groups in total. The number of pyridine rings is 1. The Balaban J connectivity index is 2.17. The van der Waals surface area contributed by atoms with Crippen molar-refractivity contribution >= 4 is 28.4 Å². The van der Waals surface area contributed by atoms with Crippen LogP contribution in [0.3, 0.4) is 0 Å². The van der Waals surface area contributed by atoms with Gasteiger partial charge in [0.1, 0.15) is 11.5 Å². The van der Waals surface area contributed by atoms with E-state index in [4.69, 9.17) is 11.6 Å². The fraction of sp³-hybridized carbons (Fsp3) is 0.0625. The molecule has 0 bridgehead atoms. The SMILES string of the molecule is Cn1c(-c2ccccc2)nc2c1c(=O)nc1ccc(Cl)cn12. The standard InChI is InChI=1S/C16H11ClN4O/c1-20-13-15(19-14(20)10-5-3-2-4-6-10)21-9-11(17)7-8-12(21)18-16(13)22/h2-9H,1H3. The number of halogens is 1. The van der Waals surface area contributed by atoms with Gasteiger partial charge in [-0.3, -0.25) is 9.20 Å². The van der Waals surface area contributed by atoms with Crippen LogP contribution in [0, 0.1) is 0 Å². The molecule has 6 heteroatoms. The van der Waals surface area contributed by atoms with E-state index in [2.05, 4.69) is 9.97 Å². The normalized spacial score (nSPS) is 11.4. The Morgan fingerprint density at radius 3 is 2.59 bits per heavy atom. The number of nitrogens with zero attached hydrogens (tertiary/aromatic N) is 4. The molecule has 0 aliphatic heterocycles. The van der Waals surface area contributed by atoms with E-state index in [-0.39, 0.29) is 5.56 Å². The van der Waals surface area contributed by atoms with Crippen LogP contribution in [0.1, 0.15) is 0 Å². The van der Waals surface area contributed by atoms with Gasteiger partial charge in [-0.15, -0.1) is 0 Å². The lowest BCUT2D eigenvalue weighted by Crippen LogP contribution is -2.13. The number of benzene rings is 1. The summed E-state index contributed by atoms with van der Waals surface area (Å²) in [5.74, 6) is 0.717. The first-order chi connectivity index (χ1) is 10.6. The molecule has 4 aromatic rings.